The van der Waals surface area contributed by atoms with Crippen LogP contribution in [-0.2, 0) is 14.8 Å². The minimum atomic E-state index is -4.00. The summed E-state index contributed by atoms with van der Waals surface area (Å²) in [6.45, 7) is 1.74. The van der Waals surface area contributed by atoms with Gasteiger partial charge in [0.2, 0.25) is 0 Å². The lowest BCUT2D eigenvalue weighted by atomic mass is 10.2. The zero-order valence-corrected chi connectivity index (χ0v) is 17.5. The van der Waals surface area contributed by atoms with Gasteiger partial charge < -0.3 is 18.9 Å². The van der Waals surface area contributed by atoms with Crippen LogP contribution in [0, 0.1) is 0 Å². The average Bonchev–Trinajstić information content (AvgIpc) is 3.17. The first-order valence-electron chi connectivity index (χ1n) is 9.02. The number of morpholine rings is 1. The third kappa shape index (κ3) is 3.93. The molecule has 0 radical (unpaired) electrons. The van der Waals surface area contributed by atoms with Crippen molar-refractivity contribution in [1.29, 1.82) is 0 Å². The van der Waals surface area contributed by atoms with Crippen LogP contribution in [0.1, 0.15) is 10.5 Å². The van der Waals surface area contributed by atoms with E-state index in [1.54, 1.807) is 17.0 Å². The number of sulfonamides is 1. The molecule has 1 fully saturated rings. The molecule has 30 heavy (non-hydrogen) atoms. The van der Waals surface area contributed by atoms with E-state index in [4.69, 9.17) is 25.6 Å². The summed E-state index contributed by atoms with van der Waals surface area (Å²) < 4.78 is 44.0. The lowest BCUT2D eigenvalue weighted by Gasteiger charge is -2.25. The monoisotopic (exact) mass is 451 g/mol. The van der Waals surface area contributed by atoms with Crippen molar-refractivity contribution in [3.8, 4) is 5.75 Å². The Labute approximate surface area is 177 Å². The first-order valence-corrected chi connectivity index (χ1v) is 10.9. The molecule has 4 rings (SSSR count). The van der Waals surface area contributed by atoms with Crippen LogP contribution in [0.15, 0.2) is 45.8 Å². The molecule has 1 amide bonds. The van der Waals surface area contributed by atoms with Crippen LogP contribution in [0.4, 0.5) is 5.69 Å². The van der Waals surface area contributed by atoms with E-state index in [0.29, 0.717) is 48.0 Å². The van der Waals surface area contributed by atoms with Crippen molar-refractivity contribution in [3.63, 3.8) is 0 Å². The number of nitrogens with one attached hydrogen (secondary N) is 1. The average molecular weight is 452 g/mol. The molecule has 158 valence electrons. The quantitative estimate of drug-likeness (QED) is 0.634. The third-order valence-corrected chi connectivity index (χ3v) is 6.26. The molecule has 11 heteroatoms. The van der Waals surface area contributed by atoms with E-state index in [-0.39, 0.29) is 22.2 Å². The number of aromatic nitrogens is 1. The van der Waals surface area contributed by atoms with Gasteiger partial charge in [-0.05, 0) is 36.4 Å². The number of hydrogen-bond donors (Lipinski definition) is 1. The number of hydrogen-bond acceptors (Lipinski definition) is 7. The molecule has 1 aromatic heterocycles. The maximum absolute atomic E-state index is 13.0. The fraction of sp³-hybridized carbons (Fsp3) is 0.263. The Bertz CT molecular complexity index is 1200. The summed E-state index contributed by atoms with van der Waals surface area (Å²) in [5, 5.41) is 4.52. The molecule has 3 aromatic rings. The highest BCUT2D eigenvalue weighted by atomic mass is 35.5. The van der Waals surface area contributed by atoms with Crippen LogP contribution in [0.5, 0.6) is 5.75 Å². The lowest BCUT2D eigenvalue weighted by molar-refractivity contribution is 0.0297. The Morgan fingerprint density at radius 1 is 1.20 bits per heavy atom. The number of benzene rings is 2. The van der Waals surface area contributed by atoms with Crippen molar-refractivity contribution in [2.75, 3.05) is 38.1 Å². The molecule has 2 aromatic carbocycles. The molecule has 1 aliphatic heterocycles. The van der Waals surface area contributed by atoms with Gasteiger partial charge in [-0.15, -0.1) is 0 Å². The number of anilines is 1. The molecule has 1 aliphatic rings. The fourth-order valence-electron chi connectivity index (χ4n) is 3.12. The predicted molar refractivity (Wildman–Crippen MR) is 110 cm³/mol. The van der Waals surface area contributed by atoms with Gasteiger partial charge >= 0.3 is 0 Å². The Morgan fingerprint density at radius 3 is 2.70 bits per heavy atom. The van der Waals surface area contributed by atoms with Crippen LogP contribution in [-0.4, -0.2) is 57.8 Å². The summed E-state index contributed by atoms with van der Waals surface area (Å²) in [6.07, 6.45) is 0. The van der Waals surface area contributed by atoms with Gasteiger partial charge in [-0.2, -0.15) is 0 Å². The molecule has 0 atom stereocenters. The van der Waals surface area contributed by atoms with Crippen LogP contribution in [0.2, 0.25) is 5.02 Å². The third-order valence-electron chi connectivity index (χ3n) is 4.66. The summed E-state index contributed by atoms with van der Waals surface area (Å²) in [6, 6.07) is 8.79. The number of carbonyl (C=O) groups excluding carboxylic acids is 1. The SMILES string of the molecule is COc1ccc(Cl)cc1NS(=O)(=O)c1ccc2onc(C(=O)N3CCOCC3)c2c1. The topological polar surface area (TPSA) is 111 Å². The number of carbonyl (C=O) groups is 1. The van der Waals surface area contributed by atoms with Gasteiger partial charge in [-0.25, -0.2) is 8.42 Å². The number of ether oxygens (including phenoxy) is 2. The fourth-order valence-corrected chi connectivity index (χ4v) is 4.38. The zero-order chi connectivity index (χ0) is 21.3. The number of rotatable bonds is 5. The number of methoxy groups -OCH3 is 1. The molecule has 0 unspecified atom stereocenters. The maximum Gasteiger partial charge on any atom is 0.276 e. The van der Waals surface area contributed by atoms with Gasteiger partial charge in [0.1, 0.15) is 5.75 Å². The maximum atomic E-state index is 13.0. The smallest absolute Gasteiger partial charge is 0.276 e. The highest BCUT2D eigenvalue weighted by Gasteiger charge is 2.26. The van der Waals surface area contributed by atoms with Crippen molar-refractivity contribution in [2.45, 2.75) is 4.90 Å². The van der Waals surface area contributed by atoms with E-state index in [9.17, 15) is 13.2 Å². The van der Waals surface area contributed by atoms with Crippen LogP contribution >= 0.6 is 11.6 Å². The molecule has 1 N–H and O–H groups in total. The molecule has 0 spiro atoms. The van der Waals surface area contributed by atoms with Crippen molar-refractivity contribution in [3.05, 3.63) is 47.1 Å². The predicted octanol–water partition coefficient (Wildman–Crippen LogP) is 2.76. The van der Waals surface area contributed by atoms with Crippen molar-refractivity contribution < 1.29 is 27.2 Å². The number of nitrogens with zero attached hydrogens (tertiary/aromatic N) is 2. The van der Waals surface area contributed by atoms with Crippen molar-refractivity contribution in [1.82, 2.24) is 10.1 Å². The van der Waals surface area contributed by atoms with Crippen molar-refractivity contribution >= 4 is 44.2 Å². The highest BCUT2D eigenvalue weighted by molar-refractivity contribution is 7.92. The molecular formula is C19H18ClN3O6S. The van der Waals surface area contributed by atoms with Crippen LogP contribution in [0.25, 0.3) is 11.0 Å². The summed E-state index contributed by atoms with van der Waals surface area (Å²) >= 11 is 5.98. The summed E-state index contributed by atoms with van der Waals surface area (Å²) in [7, 11) is -2.58. The van der Waals surface area contributed by atoms with Gasteiger partial charge in [-0.1, -0.05) is 16.8 Å². The van der Waals surface area contributed by atoms with Crippen molar-refractivity contribution in [2.24, 2.45) is 0 Å². The molecule has 0 bridgehead atoms. The Balaban J connectivity index is 1.69. The minimum absolute atomic E-state index is 0.0590. The van der Waals surface area contributed by atoms with E-state index < -0.39 is 10.0 Å². The Kier molecular flexibility index (Phi) is 5.54. The molecule has 0 aliphatic carbocycles. The molecule has 2 heterocycles. The molecule has 1 saturated heterocycles. The second-order valence-corrected chi connectivity index (χ2v) is 8.66. The van der Waals surface area contributed by atoms with Gasteiger partial charge in [0.25, 0.3) is 15.9 Å². The van der Waals surface area contributed by atoms with Gasteiger partial charge in [-0.3, -0.25) is 9.52 Å². The van der Waals surface area contributed by atoms with Gasteiger partial charge in [0.15, 0.2) is 11.3 Å². The van der Waals surface area contributed by atoms with Gasteiger partial charge in [0, 0.05) is 18.1 Å². The normalized spacial score (nSPS) is 14.7. The first-order chi connectivity index (χ1) is 14.4. The molecule has 0 saturated carbocycles. The zero-order valence-electron chi connectivity index (χ0n) is 15.9. The molecule has 9 nitrogen and oxygen atoms in total. The number of amides is 1. The van der Waals surface area contributed by atoms with Gasteiger partial charge in [0.05, 0.1) is 36.3 Å². The lowest BCUT2D eigenvalue weighted by Crippen LogP contribution is -2.40. The van der Waals surface area contributed by atoms with E-state index in [1.165, 1.54) is 31.4 Å². The molecular weight excluding hydrogens is 434 g/mol. The van der Waals surface area contributed by atoms with E-state index >= 15 is 0 Å². The van der Waals surface area contributed by atoms with Crippen LogP contribution in [0.3, 0.4) is 0 Å². The largest absolute Gasteiger partial charge is 0.495 e. The summed E-state index contributed by atoms with van der Waals surface area (Å²) in [5.41, 5.74) is 0.565. The Morgan fingerprint density at radius 2 is 1.97 bits per heavy atom. The number of fused-ring (bicyclic) bond motifs is 1. The number of halogens is 1. The first kappa shape index (κ1) is 20.5. The van der Waals surface area contributed by atoms with E-state index in [1.807, 2.05) is 0 Å². The van der Waals surface area contributed by atoms with E-state index in [0.717, 1.165) is 0 Å². The van der Waals surface area contributed by atoms with E-state index in [2.05, 4.69) is 9.88 Å². The second kappa shape index (κ2) is 8.13. The second-order valence-electron chi connectivity index (χ2n) is 6.54. The standard InChI is InChI=1S/C19H18ClN3O6S/c1-27-17-4-2-12(20)10-15(17)22-30(25,26)13-3-5-16-14(11-13)18(21-29-16)19(24)23-6-8-28-9-7-23/h2-5,10-11,22H,6-9H2,1H3. The minimum Gasteiger partial charge on any atom is -0.495 e. The van der Waals surface area contributed by atoms with Crippen LogP contribution < -0.4 is 9.46 Å². The summed E-state index contributed by atoms with van der Waals surface area (Å²) in [4.78, 5) is 14.3. The highest BCUT2D eigenvalue weighted by Crippen LogP contribution is 2.31. The summed E-state index contributed by atoms with van der Waals surface area (Å²) in [5.74, 6) is -0.0201. The Hall–Kier alpha value is -2.82.